The highest BCUT2D eigenvalue weighted by Crippen LogP contribution is 2.17. The number of carbonyl (C=O) groups is 1. The standard InChI is InChI=1S/C9H8F2O2/c1-6(12)5-13-9-3-2-7(10)4-8(9)11/h2-4H,5H2,1H3. The number of hydrogen-bond acceptors (Lipinski definition) is 2. The maximum Gasteiger partial charge on any atom is 0.167 e. The Hall–Kier alpha value is -1.45. The molecule has 0 N–H and O–H groups in total. The topological polar surface area (TPSA) is 26.3 Å². The normalized spacial score (nSPS) is 9.77. The molecule has 0 aromatic heterocycles. The van der Waals surface area contributed by atoms with Gasteiger partial charge in [-0.1, -0.05) is 0 Å². The smallest absolute Gasteiger partial charge is 0.167 e. The zero-order valence-corrected chi connectivity index (χ0v) is 7.01. The van der Waals surface area contributed by atoms with Gasteiger partial charge in [0, 0.05) is 6.07 Å². The van der Waals surface area contributed by atoms with Gasteiger partial charge in [0.15, 0.2) is 17.3 Å². The van der Waals surface area contributed by atoms with Gasteiger partial charge in [0.2, 0.25) is 0 Å². The second-order valence-electron chi connectivity index (χ2n) is 2.57. The maximum absolute atomic E-state index is 12.8. The molecule has 0 atom stereocenters. The van der Waals surface area contributed by atoms with Gasteiger partial charge in [0.05, 0.1) is 0 Å². The van der Waals surface area contributed by atoms with E-state index in [1.807, 2.05) is 0 Å². The Morgan fingerprint density at radius 1 is 1.46 bits per heavy atom. The van der Waals surface area contributed by atoms with Crippen LogP contribution in [-0.2, 0) is 4.79 Å². The van der Waals surface area contributed by atoms with Crippen LogP contribution < -0.4 is 4.74 Å². The molecule has 1 aromatic carbocycles. The average molecular weight is 186 g/mol. The van der Waals surface area contributed by atoms with Crippen LogP contribution in [0.25, 0.3) is 0 Å². The molecule has 0 aliphatic heterocycles. The molecule has 0 radical (unpaired) electrons. The highest BCUT2D eigenvalue weighted by molar-refractivity contribution is 5.77. The van der Waals surface area contributed by atoms with Crippen LogP contribution in [0.1, 0.15) is 6.92 Å². The van der Waals surface area contributed by atoms with Crippen molar-refractivity contribution in [2.45, 2.75) is 6.92 Å². The molecule has 0 unspecified atom stereocenters. The Labute approximate surface area is 74.1 Å². The average Bonchev–Trinajstić information content (AvgIpc) is 2.02. The zero-order valence-electron chi connectivity index (χ0n) is 7.01. The maximum atomic E-state index is 12.8. The first-order valence-corrected chi connectivity index (χ1v) is 3.67. The predicted octanol–water partition coefficient (Wildman–Crippen LogP) is 1.93. The minimum atomic E-state index is -0.804. The lowest BCUT2D eigenvalue weighted by atomic mass is 10.3. The first kappa shape index (κ1) is 9.64. The van der Waals surface area contributed by atoms with Gasteiger partial charge in [0.1, 0.15) is 12.4 Å². The molecule has 0 saturated heterocycles. The van der Waals surface area contributed by atoms with Crippen molar-refractivity contribution < 1.29 is 18.3 Å². The van der Waals surface area contributed by atoms with E-state index in [4.69, 9.17) is 4.74 Å². The molecule has 2 nitrogen and oxygen atoms in total. The summed E-state index contributed by atoms with van der Waals surface area (Å²) in [4.78, 5) is 10.5. The van der Waals surface area contributed by atoms with Crippen LogP contribution in [0.5, 0.6) is 5.75 Å². The van der Waals surface area contributed by atoms with Crippen molar-refractivity contribution in [3.63, 3.8) is 0 Å². The van der Waals surface area contributed by atoms with Gasteiger partial charge in [-0.3, -0.25) is 4.79 Å². The highest BCUT2D eigenvalue weighted by atomic mass is 19.1. The number of rotatable bonds is 3. The number of Topliss-reactive ketones (excluding diaryl/α,β-unsaturated/α-hetero) is 1. The molecule has 4 heteroatoms. The number of hydrogen-bond donors (Lipinski definition) is 0. The quantitative estimate of drug-likeness (QED) is 0.721. The molecule has 1 rings (SSSR count). The van der Waals surface area contributed by atoms with Gasteiger partial charge < -0.3 is 4.74 Å². The summed E-state index contributed by atoms with van der Waals surface area (Å²) >= 11 is 0. The van der Waals surface area contributed by atoms with Crippen molar-refractivity contribution >= 4 is 5.78 Å². The molecular formula is C9H8F2O2. The van der Waals surface area contributed by atoms with E-state index in [2.05, 4.69) is 0 Å². The second kappa shape index (κ2) is 3.98. The van der Waals surface area contributed by atoms with E-state index in [1.54, 1.807) is 0 Å². The fourth-order valence-corrected chi connectivity index (χ4v) is 0.772. The predicted molar refractivity (Wildman–Crippen MR) is 42.5 cm³/mol. The monoisotopic (exact) mass is 186 g/mol. The van der Waals surface area contributed by atoms with Crippen molar-refractivity contribution in [2.75, 3.05) is 6.61 Å². The Balaban J connectivity index is 2.72. The fourth-order valence-electron chi connectivity index (χ4n) is 0.772. The van der Waals surface area contributed by atoms with Crippen molar-refractivity contribution in [3.8, 4) is 5.75 Å². The van der Waals surface area contributed by atoms with Gasteiger partial charge in [-0.2, -0.15) is 0 Å². The van der Waals surface area contributed by atoms with E-state index < -0.39 is 11.6 Å². The van der Waals surface area contributed by atoms with Crippen molar-refractivity contribution in [2.24, 2.45) is 0 Å². The summed E-state index contributed by atoms with van der Waals surface area (Å²) in [6.45, 7) is 1.12. The SMILES string of the molecule is CC(=O)COc1ccc(F)cc1F. The Morgan fingerprint density at radius 2 is 2.15 bits per heavy atom. The largest absolute Gasteiger partial charge is 0.483 e. The Kier molecular flexibility index (Phi) is 2.95. The summed E-state index contributed by atoms with van der Waals surface area (Å²) in [5.41, 5.74) is 0. The molecule has 0 amide bonds. The minimum Gasteiger partial charge on any atom is -0.483 e. The van der Waals surface area contributed by atoms with E-state index >= 15 is 0 Å². The summed E-state index contributed by atoms with van der Waals surface area (Å²) in [7, 11) is 0. The van der Waals surface area contributed by atoms with E-state index in [1.165, 1.54) is 6.92 Å². The fraction of sp³-hybridized carbons (Fsp3) is 0.222. The lowest BCUT2D eigenvalue weighted by Gasteiger charge is -2.04. The van der Waals surface area contributed by atoms with Gasteiger partial charge in [0.25, 0.3) is 0 Å². The summed E-state index contributed by atoms with van der Waals surface area (Å²) in [6.07, 6.45) is 0. The van der Waals surface area contributed by atoms with Crippen molar-refractivity contribution in [1.29, 1.82) is 0 Å². The molecule has 0 saturated carbocycles. The third-order valence-electron chi connectivity index (χ3n) is 1.32. The molecule has 0 aliphatic carbocycles. The summed E-state index contributed by atoms with van der Waals surface area (Å²) < 4.78 is 30.0. The van der Waals surface area contributed by atoms with Crippen LogP contribution >= 0.6 is 0 Å². The summed E-state index contributed by atoms with van der Waals surface area (Å²) in [5, 5.41) is 0. The zero-order chi connectivity index (χ0) is 9.84. The van der Waals surface area contributed by atoms with Gasteiger partial charge in [-0.15, -0.1) is 0 Å². The first-order valence-electron chi connectivity index (χ1n) is 3.67. The summed E-state index contributed by atoms with van der Waals surface area (Å²) in [5.74, 6) is -1.81. The molecule has 0 spiro atoms. The van der Waals surface area contributed by atoms with Crippen LogP contribution in [0.15, 0.2) is 18.2 Å². The van der Waals surface area contributed by atoms with Crippen LogP contribution in [0.4, 0.5) is 8.78 Å². The molecule has 13 heavy (non-hydrogen) atoms. The number of ketones is 1. The van der Waals surface area contributed by atoms with Crippen LogP contribution in [0.3, 0.4) is 0 Å². The van der Waals surface area contributed by atoms with Gasteiger partial charge in [-0.05, 0) is 19.1 Å². The summed E-state index contributed by atoms with van der Waals surface area (Å²) in [6, 6.07) is 2.92. The second-order valence-corrected chi connectivity index (χ2v) is 2.57. The van der Waals surface area contributed by atoms with E-state index in [-0.39, 0.29) is 18.1 Å². The molecule has 70 valence electrons. The molecular weight excluding hydrogens is 178 g/mol. The van der Waals surface area contributed by atoms with Crippen LogP contribution in [0, 0.1) is 11.6 Å². The van der Waals surface area contributed by atoms with Crippen molar-refractivity contribution in [1.82, 2.24) is 0 Å². The third kappa shape index (κ3) is 2.82. The van der Waals surface area contributed by atoms with Crippen molar-refractivity contribution in [3.05, 3.63) is 29.8 Å². The first-order chi connectivity index (χ1) is 6.09. The Morgan fingerprint density at radius 3 is 2.69 bits per heavy atom. The molecule has 0 bridgehead atoms. The third-order valence-corrected chi connectivity index (χ3v) is 1.32. The van der Waals surface area contributed by atoms with E-state index in [0.717, 1.165) is 12.1 Å². The number of ether oxygens (including phenoxy) is 1. The lowest BCUT2D eigenvalue weighted by Crippen LogP contribution is -2.07. The molecule has 0 aliphatic rings. The molecule has 0 fully saturated rings. The van der Waals surface area contributed by atoms with Gasteiger partial charge >= 0.3 is 0 Å². The number of halogens is 2. The number of benzene rings is 1. The number of carbonyl (C=O) groups excluding carboxylic acids is 1. The minimum absolute atomic E-state index is 0.114. The van der Waals surface area contributed by atoms with E-state index in [9.17, 15) is 13.6 Å². The van der Waals surface area contributed by atoms with Crippen LogP contribution in [-0.4, -0.2) is 12.4 Å². The van der Waals surface area contributed by atoms with Gasteiger partial charge in [-0.25, -0.2) is 8.78 Å². The molecule has 1 aromatic rings. The Bertz CT molecular complexity index is 323. The lowest BCUT2D eigenvalue weighted by molar-refractivity contribution is -0.118. The van der Waals surface area contributed by atoms with E-state index in [0.29, 0.717) is 6.07 Å². The van der Waals surface area contributed by atoms with Crippen LogP contribution in [0.2, 0.25) is 0 Å². The molecule has 0 heterocycles. The highest BCUT2D eigenvalue weighted by Gasteiger charge is 2.05.